The van der Waals surface area contributed by atoms with Gasteiger partial charge in [0.2, 0.25) is 5.95 Å². The van der Waals surface area contributed by atoms with Crippen molar-refractivity contribution in [1.82, 2.24) is 24.3 Å². The number of hydrogen-bond donors (Lipinski definition) is 0. The van der Waals surface area contributed by atoms with Crippen molar-refractivity contribution in [2.45, 2.75) is 32.4 Å². The smallest absolute Gasteiger partial charge is 0.262 e. The van der Waals surface area contributed by atoms with Crippen LogP contribution in [-0.2, 0) is 13.6 Å². The molecule has 1 aliphatic rings. The highest BCUT2D eigenvalue weighted by Gasteiger charge is 2.29. The highest BCUT2D eigenvalue weighted by atomic mass is 19.1. The molecule has 1 saturated carbocycles. The lowest BCUT2D eigenvalue weighted by atomic mass is 10.1. The van der Waals surface area contributed by atoms with Crippen LogP contribution in [0, 0.1) is 12.7 Å². The Morgan fingerprint density at radius 2 is 1.85 bits per heavy atom. The van der Waals surface area contributed by atoms with E-state index in [9.17, 15) is 4.79 Å². The van der Waals surface area contributed by atoms with Gasteiger partial charge in [-0.05, 0) is 61.2 Å². The first-order chi connectivity index (χ1) is 19.3. The van der Waals surface area contributed by atoms with E-state index in [0.717, 1.165) is 29.8 Å². The maximum absolute atomic E-state index is 15.3. The molecule has 0 saturated heterocycles. The zero-order chi connectivity index (χ0) is 28.0. The Labute approximate surface area is 230 Å². The first kappa shape index (κ1) is 25.5. The molecule has 6 rings (SSSR count). The largest absolute Gasteiger partial charge is 0.497 e. The van der Waals surface area contributed by atoms with Crippen molar-refractivity contribution < 1.29 is 13.9 Å². The lowest BCUT2D eigenvalue weighted by Crippen LogP contribution is -2.30. The highest BCUT2D eigenvalue weighted by Crippen LogP contribution is 2.34. The van der Waals surface area contributed by atoms with Gasteiger partial charge >= 0.3 is 0 Å². The van der Waals surface area contributed by atoms with E-state index in [2.05, 4.69) is 15.1 Å². The number of rotatable bonds is 8. The minimum Gasteiger partial charge on any atom is -0.497 e. The van der Waals surface area contributed by atoms with E-state index < -0.39 is 5.82 Å². The summed E-state index contributed by atoms with van der Waals surface area (Å²) in [5.74, 6) is 1.27. The highest BCUT2D eigenvalue weighted by molar-refractivity contribution is 5.85. The Morgan fingerprint density at radius 3 is 2.55 bits per heavy atom. The third kappa shape index (κ3) is 4.66. The van der Waals surface area contributed by atoms with Gasteiger partial charge in [0.15, 0.2) is 17.2 Å². The number of aromatic nitrogens is 5. The van der Waals surface area contributed by atoms with Crippen LogP contribution in [0.1, 0.15) is 24.1 Å². The van der Waals surface area contributed by atoms with E-state index in [1.807, 2.05) is 43.1 Å². The Hall–Kier alpha value is -4.73. The fourth-order valence-electron chi connectivity index (χ4n) is 4.90. The zero-order valence-electron chi connectivity index (χ0n) is 22.8. The second-order valence-electron chi connectivity index (χ2n) is 10.0. The van der Waals surface area contributed by atoms with Crippen LogP contribution < -0.4 is 19.9 Å². The maximum Gasteiger partial charge on any atom is 0.262 e. The van der Waals surface area contributed by atoms with E-state index in [-0.39, 0.29) is 11.3 Å². The van der Waals surface area contributed by atoms with Gasteiger partial charge in [-0.3, -0.25) is 9.36 Å². The molecule has 0 unspecified atom stereocenters. The van der Waals surface area contributed by atoms with Crippen LogP contribution in [-0.4, -0.2) is 44.5 Å². The summed E-state index contributed by atoms with van der Waals surface area (Å²) in [6.45, 7) is 2.38. The monoisotopic (exact) mass is 540 g/mol. The first-order valence-corrected chi connectivity index (χ1v) is 13.1. The Kier molecular flexibility index (Phi) is 6.45. The molecule has 0 radical (unpaired) electrons. The molecule has 3 heterocycles. The van der Waals surface area contributed by atoms with Crippen molar-refractivity contribution in [2.75, 3.05) is 19.1 Å². The lowest BCUT2D eigenvalue weighted by molar-refractivity contribution is 0.414. The maximum atomic E-state index is 15.3. The first-order valence-electron chi connectivity index (χ1n) is 13.1. The quantitative estimate of drug-likeness (QED) is 0.271. The van der Waals surface area contributed by atoms with E-state index in [0.29, 0.717) is 46.4 Å². The predicted molar refractivity (Wildman–Crippen MR) is 151 cm³/mol. The van der Waals surface area contributed by atoms with Crippen LogP contribution >= 0.6 is 0 Å². The van der Waals surface area contributed by atoms with Gasteiger partial charge in [-0.2, -0.15) is 5.10 Å². The minimum absolute atomic E-state index is 0.0356. The van der Waals surface area contributed by atoms with Crippen LogP contribution in [0.25, 0.3) is 22.2 Å². The number of methoxy groups -OCH3 is 1. The molecule has 0 aliphatic heterocycles. The number of ether oxygens (including phenoxy) is 2. The van der Waals surface area contributed by atoms with Crippen molar-refractivity contribution >= 4 is 17.0 Å². The molecule has 0 atom stereocenters. The second kappa shape index (κ2) is 10.1. The van der Waals surface area contributed by atoms with E-state index in [1.165, 1.54) is 22.9 Å². The molecule has 1 aliphatic carbocycles. The van der Waals surface area contributed by atoms with Crippen LogP contribution in [0.4, 0.5) is 10.3 Å². The number of hydrogen-bond acceptors (Lipinski definition) is 7. The van der Waals surface area contributed by atoms with E-state index >= 15 is 4.39 Å². The Bertz CT molecular complexity index is 1780. The number of benzene rings is 2. The summed E-state index contributed by atoms with van der Waals surface area (Å²) in [5.41, 5.74) is 2.90. The van der Waals surface area contributed by atoms with Gasteiger partial charge in [-0.25, -0.2) is 19.0 Å². The number of anilines is 1. The molecule has 204 valence electrons. The van der Waals surface area contributed by atoms with Crippen molar-refractivity contribution in [3.05, 3.63) is 88.4 Å². The molecular weight excluding hydrogens is 511 g/mol. The SMILES string of the molecule is COc1ccc(Cn2nc(C)c3c(Oc4ccc(-c5cnc(N(C)C6CC6)n(C)c5=O)cc4F)ccnc32)cc1. The van der Waals surface area contributed by atoms with Gasteiger partial charge in [0.1, 0.15) is 11.5 Å². The molecule has 0 bridgehead atoms. The molecule has 40 heavy (non-hydrogen) atoms. The molecule has 0 spiro atoms. The van der Waals surface area contributed by atoms with Gasteiger partial charge in [0.05, 0.1) is 30.3 Å². The van der Waals surface area contributed by atoms with Gasteiger partial charge in [-0.15, -0.1) is 0 Å². The summed E-state index contributed by atoms with van der Waals surface area (Å²) < 4.78 is 29.9. The van der Waals surface area contributed by atoms with Crippen LogP contribution in [0.3, 0.4) is 0 Å². The normalized spacial score (nSPS) is 13.0. The molecule has 5 aromatic rings. The van der Waals surface area contributed by atoms with Crippen molar-refractivity contribution in [3.8, 4) is 28.4 Å². The van der Waals surface area contributed by atoms with Crippen LogP contribution in [0.15, 0.2) is 65.7 Å². The minimum atomic E-state index is -0.591. The number of fused-ring (bicyclic) bond motifs is 1. The van der Waals surface area contributed by atoms with Gasteiger partial charge in [0, 0.05) is 32.5 Å². The lowest BCUT2D eigenvalue weighted by Gasteiger charge is -2.20. The van der Waals surface area contributed by atoms with Gasteiger partial charge in [0.25, 0.3) is 5.56 Å². The molecule has 1 fully saturated rings. The number of nitrogens with zero attached hydrogens (tertiary/aromatic N) is 6. The third-order valence-corrected chi connectivity index (χ3v) is 7.28. The molecule has 2 aromatic carbocycles. The van der Waals surface area contributed by atoms with Crippen molar-refractivity contribution in [2.24, 2.45) is 7.05 Å². The molecular formula is C30H29FN6O3. The fourth-order valence-corrected chi connectivity index (χ4v) is 4.90. The van der Waals surface area contributed by atoms with Crippen LogP contribution in [0.2, 0.25) is 0 Å². The molecule has 3 aromatic heterocycles. The number of pyridine rings is 1. The molecule has 10 heteroatoms. The second-order valence-corrected chi connectivity index (χ2v) is 10.0. The summed E-state index contributed by atoms with van der Waals surface area (Å²) in [6.07, 6.45) is 5.31. The Balaban J connectivity index is 1.28. The van der Waals surface area contributed by atoms with Crippen molar-refractivity contribution in [3.63, 3.8) is 0 Å². The third-order valence-electron chi connectivity index (χ3n) is 7.28. The number of halogens is 1. The fraction of sp³-hybridized carbons (Fsp3) is 0.267. The summed E-state index contributed by atoms with van der Waals surface area (Å²) in [4.78, 5) is 24.1. The summed E-state index contributed by atoms with van der Waals surface area (Å²) in [6, 6.07) is 14.3. The average molecular weight is 541 g/mol. The van der Waals surface area contributed by atoms with E-state index in [4.69, 9.17) is 9.47 Å². The molecule has 9 nitrogen and oxygen atoms in total. The molecule has 0 amide bonds. The standard InChI is InChI=1S/C30H29FN6O3/c1-18-27-26(13-14-32-28(27)37(34-18)17-19-5-10-22(39-4)11-6-19)40-25-12-7-20(15-24(25)31)23-16-33-30(36(3)29(23)38)35(2)21-8-9-21/h5-7,10-16,21H,8-9,17H2,1-4H3. The van der Waals surface area contributed by atoms with Crippen molar-refractivity contribution in [1.29, 1.82) is 0 Å². The predicted octanol–water partition coefficient (Wildman–Crippen LogP) is 5.09. The van der Waals surface area contributed by atoms with E-state index in [1.54, 1.807) is 37.2 Å². The molecule has 0 N–H and O–H groups in total. The summed E-state index contributed by atoms with van der Waals surface area (Å²) in [5, 5.41) is 5.36. The Morgan fingerprint density at radius 1 is 1.07 bits per heavy atom. The number of aryl methyl sites for hydroxylation is 1. The van der Waals surface area contributed by atoms with Gasteiger partial charge in [-0.1, -0.05) is 18.2 Å². The topological polar surface area (TPSA) is 87.3 Å². The van der Waals surface area contributed by atoms with Gasteiger partial charge < -0.3 is 14.4 Å². The van der Waals surface area contributed by atoms with Crippen LogP contribution in [0.5, 0.6) is 17.2 Å². The summed E-state index contributed by atoms with van der Waals surface area (Å²) in [7, 11) is 5.25. The average Bonchev–Trinajstić information content (AvgIpc) is 3.76. The zero-order valence-corrected chi connectivity index (χ0v) is 22.8. The summed E-state index contributed by atoms with van der Waals surface area (Å²) >= 11 is 0.